The van der Waals surface area contributed by atoms with Gasteiger partial charge < -0.3 is 16.0 Å². The smallest absolute Gasteiger partial charge is 0.272 e. The minimum Gasteiger partial charge on any atom is -0.325 e. The van der Waals surface area contributed by atoms with Gasteiger partial charge in [-0.15, -0.1) is 11.8 Å². The second kappa shape index (κ2) is 15.1. The first-order chi connectivity index (χ1) is 21.9. The van der Waals surface area contributed by atoms with Gasteiger partial charge in [0.2, 0.25) is 5.91 Å². The molecular weight excluding hydrogens is 602 g/mol. The van der Waals surface area contributed by atoms with Crippen molar-refractivity contribution in [3.8, 4) is 0 Å². The van der Waals surface area contributed by atoms with Crippen molar-refractivity contribution in [3.63, 3.8) is 0 Å². The number of carbonyl (C=O) groups excluding carboxylic acids is 3. The third-order valence-electron chi connectivity index (χ3n) is 6.73. The summed E-state index contributed by atoms with van der Waals surface area (Å²) in [5.41, 5.74) is 4.21. The summed E-state index contributed by atoms with van der Waals surface area (Å²) >= 11 is 7.75. The molecule has 0 spiro atoms. The fourth-order valence-corrected chi connectivity index (χ4v) is 5.69. The van der Waals surface area contributed by atoms with E-state index in [2.05, 4.69) is 16.0 Å². The fraction of sp³-hybridized carbons (Fsp3) is 0.0541. The maximum atomic E-state index is 13.4. The molecule has 5 aromatic rings. The first-order valence-electron chi connectivity index (χ1n) is 14.2. The number of rotatable bonds is 10. The standard InChI is InChI=1S/C37H30ClN3O3S/c1-25-11-10-17-30(23-25)40-37(44)34(26-12-4-2-5-13-26)45-31-21-19-29(20-22-31)39-36(43)33(24-28-16-8-9-18-32(28)38)41-35(42)27-14-6-3-7-15-27/h2-24,34H,1H3,(H,39,43)(H,40,44)(H,41,42)/b33-24-. The Kier molecular flexibility index (Phi) is 10.5. The predicted molar refractivity (Wildman–Crippen MR) is 183 cm³/mol. The molecule has 3 N–H and O–H groups in total. The van der Waals surface area contributed by atoms with Crippen LogP contribution in [0.2, 0.25) is 5.02 Å². The Labute approximate surface area is 271 Å². The highest BCUT2D eigenvalue weighted by Gasteiger charge is 2.23. The van der Waals surface area contributed by atoms with Crippen molar-refractivity contribution < 1.29 is 14.4 Å². The molecule has 0 aromatic heterocycles. The van der Waals surface area contributed by atoms with Crippen LogP contribution in [0.3, 0.4) is 0 Å². The molecule has 0 aliphatic rings. The zero-order valence-electron chi connectivity index (χ0n) is 24.4. The summed E-state index contributed by atoms with van der Waals surface area (Å²) in [6.07, 6.45) is 1.54. The van der Waals surface area contributed by atoms with Crippen LogP contribution in [0.25, 0.3) is 6.08 Å². The number of aryl methyl sites for hydroxylation is 1. The van der Waals surface area contributed by atoms with Crippen LogP contribution >= 0.6 is 23.4 Å². The highest BCUT2D eigenvalue weighted by Crippen LogP contribution is 2.37. The number of halogens is 1. The van der Waals surface area contributed by atoms with E-state index in [0.717, 1.165) is 21.7 Å². The molecule has 0 radical (unpaired) electrons. The van der Waals surface area contributed by atoms with Crippen LogP contribution in [0.1, 0.15) is 32.3 Å². The zero-order valence-corrected chi connectivity index (χ0v) is 25.9. The number of hydrogen-bond donors (Lipinski definition) is 3. The van der Waals surface area contributed by atoms with Crippen LogP contribution < -0.4 is 16.0 Å². The maximum absolute atomic E-state index is 13.4. The summed E-state index contributed by atoms with van der Waals surface area (Å²) in [5, 5.41) is 8.55. The molecular formula is C37H30ClN3O3S. The molecule has 3 amide bonds. The molecule has 45 heavy (non-hydrogen) atoms. The zero-order chi connectivity index (χ0) is 31.6. The average Bonchev–Trinajstić information content (AvgIpc) is 3.05. The lowest BCUT2D eigenvalue weighted by Crippen LogP contribution is -2.30. The van der Waals surface area contributed by atoms with Crippen molar-refractivity contribution in [1.29, 1.82) is 0 Å². The highest BCUT2D eigenvalue weighted by molar-refractivity contribution is 8.00. The topological polar surface area (TPSA) is 87.3 Å². The Balaban J connectivity index is 1.33. The van der Waals surface area contributed by atoms with E-state index in [1.807, 2.05) is 79.7 Å². The molecule has 0 heterocycles. The molecule has 0 saturated carbocycles. The first-order valence-corrected chi connectivity index (χ1v) is 15.4. The predicted octanol–water partition coefficient (Wildman–Crippen LogP) is 8.53. The minimum atomic E-state index is -0.515. The van der Waals surface area contributed by atoms with Crippen LogP contribution in [0.15, 0.2) is 144 Å². The van der Waals surface area contributed by atoms with Gasteiger partial charge in [0, 0.05) is 26.9 Å². The summed E-state index contributed by atoms with van der Waals surface area (Å²) < 4.78 is 0. The largest absolute Gasteiger partial charge is 0.325 e. The van der Waals surface area contributed by atoms with E-state index in [1.54, 1.807) is 66.7 Å². The van der Waals surface area contributed by atoms with Crippen LogP contribution in [-0.4, -0.2) is 17.7 Å². The molecule has 0 fully saturated rings. The molecule has 5 rings (SSSR count). The third-order valence-corrected chi connectivity index (χ3v) is 8.34. The van der Waals surface area contributed by atoms with Gasteiger partial charge in [-0.2, -0.15) is 0 Å². The van der Waals surface area contributed by atoms with Crippen molar-refractivity contribution in [3.05, 3.63) is 166 Å². The summed E-state index contributed by atoms with van der Waals surface area (Å²) in [6.45, 7) is 1.98. The van der Waals surface area contributed by atoms with Gasteiger partial charge in [-0.25, -0.2) is 0 Å². The van der Waals surface area contributed by atoms with Gasteiger partial charge in [0.1, 0.15) is 10.9 Å². The van der Waals surface area contributed by atoms with Gasteiger partial charge in [0.05, 0.1) is 0 Å². The monoisotopic (exact) mass is 631 g/mol. The number of hydrogen-bond acceptors (Lipinski definition) is 4. The molecule has 5 aromatic carbocycles. The van der Waals surface area contributed by atoms with Crippen molar-refractivity contribution in [1.82, 2.24) is 5.32 Å². The highest BCUT2D eigenvalue weighted by atomic mass is 35.5. The SMILES string of the molecule is Cc1cccc(NC(=O)C(Sc2ccc(NC(=O)/C(=C/c3ccccc3Cl)NC(=O)c3ccccc3)cc2)c2ccccc2)c1. The lowest BCUT2D eigenvalue weighted by Gasteiger charge is -2.18. The lowest BCUT2D eigenvalue weighted by molar-refractivity contribution is -0.116. The Morgan fingerprint density at radius 3 is 2.07 bits per heavy atom. The molecule has 0 bridgehead atoms. The molecule has 8 heteroatoms. The van der Waals surface area contributed by atoms with E-state index in [-0.39, 0.29) is 11.6 Å². The van der Waals surface area contributed by atoms with E-state index < -0.39 is 17.1 Å². The average molecular weight is 632 g/mol. The Bertz CT molecular complexity index is 1830. The van der Waals surface area contributed by atoms with E-state index in [9.17, 15) is 14.4 Å². The van der Waals surface area contributed by atoms with E-state index >= 15 is 0 Å². The van der Waals surface area contributed by atoms with Crippen molar-refractivity contribution in [2.45, 2.75) is 17.1 Å². The summed E-state index contributed by atoms with van der Waals surface area (Å²) in [4.78, 5) is 40.7. The Morgan fingerprint density at radius 2 is 1.38 bits per heavy atom. The number of benzene rings is 5. The first kappa shape index (κ1) is 31.3. The summed E-state index contributed by atoms with van der Waals surface area (Å²) in [7, 11) is 0. The number of carbonyl (C=O) groups is 3. The summed E-state index contributed by atoms with van der Waals surface area (Å²) in [6, 6.07) is 40.2. The van der Waals surface area contributed by atoms with E-state index in [0.29, 0.717) is 21.8 Å². The normalized spacial score (nSPS) is 11.7. The van der Waals surface area contributed by atoms with Gasteiger partial charge in [-0.1, -0.05) is 90.5 Å². The van der Waals surface area contributed by atoms with Gasteiger partial charge >= 0.3 is 0 Å². The molecule has 0 saturated heterocycles. The van der Waals surface area contributed by atoms with Crippen molar-refractivity contribution >= 4 is 58.5 Å². The number of thioether (sulfide) groups is 1. The minimum absolute atomic E-state index is 0.0346. The molecule has 6 nitrogen and oxygen atoms in total. The quantitative estimate of drug-likeness (QED) is 0.106. The Hall–Kier alpha value is -5.11. The number of amides is 3. The molecule has 0 aliphatic heterocycles. The molecule has 0 aliphatic carbocycles. The van der Waals surface area contributed by atoms with E-state index in [1.165, 1.54) is 11.8 Å². The van der Waals surface area contributed by atoms with Crippen LogP contribution in [0.5, 0.6) is 0 Å². The van der Waals surface area contributed by atoms with E-state index in [4.69, 9.17) is 11.6 Å². The summed E-state index contributed by atoms with van der Waals surface area (Å²) in [5.74, 6) is -1.08. The van der Waals surface area contributed by atoms with Gasteiger partial charge in [0.15, 0.2) is 0 Å². The van der Waals surface area contributed by atoms with Crippen LogP contribution in [0.4, 0.5) is 11.4 Å². The Morgan fingerprint density at radius 1 is 0.711 bits per heavy atom. The fourth-order valence-electron chi connectivity index (χ4n) is 4.47. The number of nitrogens with one attached hydrogen (secondary N) is 3. The number of anilines is 2. The molecule has 1 unspecified atom stereocenters. The van der Waals surface area contributed by atoms with Crippen molar-refractivity contribution in [2.75, 3.05) is 10.6 Å². The van der Waals surface area contributed by atoms with Crippen LogP contribution in [0, 0.1) is 6.92 Å². The van der Waals surface area contributed by atoms with Gasteiger partial charge in [0.25, 0.3) is 11.8 Å². The van der Waals surface area contributed by atoms with Crippen LogP contribution in [-0.2, 0) is 9.59 Å². The van der Waals surface area contributed by atoms with Gasteiger partial charge in [-0.3, -0.25) is 14.4 Å². The van der Waals surface area contributed by atoms with Gasteiger partial charge in [-0.05, 0) is 84.3 Å². The second-order valence-corrected chi connectivity index (χ2v) is 11.7. The molecule has 1 atom stereocenters. The third kappa shape index (κ3) is 8.72. The molecule has 224 valence electrons. The second-order valence-electron chi connectivity index (χ2n) is 10.1. The maximum Gasteiger partial charge on any atom is 0.272 e. The lowest BCUT2D eigenvalue weighted by atomic mass is 10.1. The van der Waals surface area contributed by atoms with Crippen molar-refractivity contribution in [2.24, 2.45) is 0 Å².